The van der Waals surface area contributed by atoms with E-state index in [1.54, 1.807) is 6.33 Å². The molecule has 1 aliphatic heterocycles. The molecule has 1 atom stereocenters. The second-order valence-electron chi connectivity index (χ2n) is 4.67. The maximum Gasteiger partial charge on any atom is 0.360 e. The maximum absolute atomic E-state index is 11.4. The van der Waals surface area contributed by atoms with Gasteiger partial charge in [-0.25, -0.2) is 9.78 Å². The summed E-state index contributed by atoms with van der Waals surface area (Å²) in [5, 5.41) is 0. The fourth-order valence-electron chi connectivity index (χ4n) is 2.42. The van der Waals surface area contributed by atoms with Gasteiger partial charge in [-0.3, -0.25) is 0 Å². The van der Waals surface area contributed by atoms with Gasteiger partial charge in [0.15, 0.2) is 5.69 Å². The zero-order valence-corrected chi connectivity index (χ0v) is 10.9. The highest BCUT2D eigenvalue weighted by atomic mass is 16.5. The molecule has 0 amide bonds. The minimum atomic E-state index is -0.479. The lowest BCUT2D eigenvalue weighted by atomic mass is 10.1. The number of imidazole rings is 1. The summed E-state index contributed by atoms with van der Waals surface area (Å²) >= 11 is 0. The first-order valence-corrected chi connectivity index (χ1v) is 6.27. The topological polar surface area (TPSA) is 73.4 Å². The SMILES string of the molecule is CCN1CCC(Cn2cnc(C(=O)OC)c2N)C1. The highest BCUT2D eigenvalue weighted by molar-refractivity contribution is 5.91. The number of nitrogens with two attached hydrogens (primary N) is 1. The fourth-order valence-corrected chi connectivity index (χ4v) is 2.42. The Hall–Kier alpha value is -1.56. The molecule has 100 valence electrons. The van der Waals surface area contributed by atoms with E-state index in [4.69, 9.17) is 5.73 Å². The summed E-state index contributed by atoms with van der Waals surface area (Å²) in [6.07, 6.45) is 2.79. The molecule has 1 aromatic heterocycles. The lowest BCUT2D eigenvalue weighted by molar-refractivity contribution is 0.0596. The second-order valence-corrected chi connectivity index (χ2v) is 4.67. The van der Waals surface area contributed by atoms with Gasteiger partial charge in [0, 0.05) is 13.1 Å². The number of methoxy groups -OCH3 is 1. The van der Waals surface area contributed by atoms with Crippen LogP contribution in [0.25, 0.3) is 0 Å². The molecule has 0 bridgehead atoms. The van der Waals surface area contributed by atoms with E-state index in [0.29, 0.717) is 11.7 Å². The Morgan fingerprint density at radius 2 is 2.44 bits per heavy atom. The van der Waals surface area contributed by atoms with Crippen molar-refractivity contribution in [3.8, 4) is 0 Å². The minimum Gasteiger partial charge on any atom is -0.464 e. The summed E-state index contributed by atoms with van der Waals surface area (Å²) in [6, 6.07) is 0. The molecule has 0 aromatic carbocycles. The number of nitrogen functional groups attached to an aromatic ring is 1. The van der Waals surface area contributed by atoms with Crippen molar-refractivity contribution < 1.29 is 9.53 Å². The van der Waals surface area contributed by atoms with Gasteiger partial charge in [0.05, 0.1) is 13.4 Å². The zero-order valence-electron chi connectivity index (χ0n) is 10.9. The van der Waals surface area contributed by atoms with Crippen molar-refractivity contribution in [3.63, 3.8) is 0 Å². The molecular formula is C12H20N4O2. The van der Waals surface area contributed by atoms with Crippen molar-refractivity contribution in [2.24, 2.45) is 5.92 Å². The van der Waals surface area contributed by atoms with Gasteiger partial charge in [0.1, 0.15) is 5.82 Å². The summed E-state index contributed by atoms with van der Waals surface area (Å²) in [7, 11) is 1.33. The Kier molecular flexibility index (Phi) is 3.86. The van der Waals surface area contributed by atoms with Crippen LogP contribution in [0.5, 0.6) is 0 Å². The molecule has 0 aliphatic carbocycles. The Labute approximate surface area is 107 Å². The molecule has 18 heavy (non-hydrogen) atoms. The molecule has 1 fully saturated rings. The van der Waals surface area contributed by atoms with Crippen LogP contribution in [0.15, 0.2) is 6.33 Å². The van der Waals surface area contributed by atoms with Crippen LogP contribution in [0.2, 0.25) is 0 Å². The molecule has 1 aliphatic rings. The number of aromatic nitrogens is 2. The first kappa shape index (κ1) is 12.9. The van der Waals surface area contributed by atoms with Gasteiger partial charge in [-0.1, -0.05) is 6.92 Å². The van der Waals surface area contributed by atoms with Crippen molar-refractivity contribution in [2.45, 2.75) is 19.9 Å². The molecule has 1 unspecified atom stereocenters. The number of rotatable bonds is 4. The molecule has 1 aromatic rings. The van der Waals surface area contributed by atoms with E-state index in [1.165, 1.54) is 13.5 Å². The summed E-state index contributed by atoms with van der Waals surface area (Å²) < 4.78 is 6.48. The number of anilines is 1. The Morgan fingerprint density at radius 1 is 1.67 bits per heavy atom. The monoisotopic (exact) mass is 252 g/mol. The van der Waals surface area contributed by atoms with Crippen molar-refractivity contribution in [1.29, 1.82) is 0 Å². The molecule has 2 N–H and O–H groups in total. The zero-order chi connectivity index (χ0) is 13.1. The summed E-state index contributed by atoms with van der Waals surface area (Å²) in [5.41, 5.74) is 6.12. The summed E-state index contributed by atoms with van der Waals surface area (Å²) in [4.78, 5) is 17.8. The number of hydrogen-bond acceptors (Lipinski definition) is 5. The van der Waals surface area contributed by atoms with E-state index in [0.717, 1.165) is 26.2 Å². The van der Waals surface area contributed by atoms with Crippen LogP contribution in [-0.4, -0.2) is 47.2 Å². The standard InChI is InChI=1S/C12H20N4O2/c1-3-15-5-4-9(6-15)7-16-8-14-10(11(16)13)12(17)18-2/h8-9H,3-7,13H2,1-2H3. The predicted molar refractivity (Wildman–Crippen MR) is 68.2 cm³/mol. The number of carbonyl (C=O) groups is 1. The molecule has 0 spiro atoms. The van der Waals surface area contributed by atoms with Gasteiger partial charge in [-0.2, -0.15) is 0 Å². The van der Waals surface area contributed by atoms with Crippen LogP contribution >= 0.6 is 0 Å². The largest absolute Gasteiger partial charge is 0.464 e. The predicted octanol–water partition coefficient (Wildman–Crippen LogP) is 0.594. The quantitative estimate of drug-likeness (QED) is 0.794. The molecule has 2 heterocycles. The van der Waals surface area contributed by atoms with Crippen LogP contribution in [0.4, 0.5) is 5.82 Å². The van der Waals surface area contributed by atoms with E-state index >= 15 is 0 Å². The number of carbonyl (C=O) groups excluding carboxylic acids is 1. The van der Waals surface area contributed by atoms with Gasteiger partial charge in [-0.15, -0.1) is 0 Å². The van der Waals surface area contributed by atoms with Crippen LogP contribution in [0.3, 0.4) is 0 Å². The van der Waals surface area contributed by atoms with E-state index in [-0.39, 0.29) is 5.69 Å². The fraction of sp³-hybridized carbons (Fsp3) is 0.667. The van der Waals surface area contributed by atoms with Crippen molar-refractivity contribution >= 4 is 11.8 Å². The Balaban J connectivity index is 2.02. The van der Waals surface area contributed by atoms with E-state index in [2.05, 4.69) is 21.5 Å². The first-order chi connectivity index (χ1) is 8.65. The van der Waals surface area contributed by atoms with Gasteiger partial charge in [0.2, 0.25) is 0 Å². The number of hydrogen-bond donors (Lipinski definition) is 1. The number of ether oxygens (including phenoxy) is 1. The molecular weight excluding hydrogens is 232 g/mol. The van der Waals surface area contributed by atoms with Crippen molar-refractivity contribution in [3.05, 3.63) is 12.0 Å². The third-order valence-corrected chi connectivity index (χ3v) is 3.53. The third-order valence-electron chi connectivity index (χ3n) is 3.53. The average molecular weight is 252 g/mol. The normalized spacial score (nSPS) is 20.2. The van der Waals surface area contributed by atoms with Crippen molar-refractivity contribution in [2.75, 3.05) is 32.5 Å². The smallest absolute Gasteiger partial charge is 0.360 e. The van der Waals surface area contributed by atoms with Crippen LogP contribution in [-0.2, 0) is 11.3 Å². The Morgan fingerprint density at radius 3 is 3.06 bits per heavy atom. The van der Waals surface area contributed by atoms with Gasteiger partial charge in [0.25, 0.3) is 0 Å². The summed E-state index contributed by atoms with van der Waals surface area (Å²) in [5.74, 6) is 0.497. The van der Waals surface area contributed by atoms with Crippen LogP contribution in [0, 0.1) is 5.92 Å². The minimum absolute atomic E-state index is 0.211. The Bertz CT molecular complexity index is 430. The number of esters is 1. The lowest BCUT2D eigenvalue weighted by Gasteiger charge is -2.14. The van der Waals surface area contributed by atoms with Gasteiger partial charge in [-0.05, 0) is 25.4 Å². The van der Waals surface area contributed by atoms with Crippen LogP contribution < -0.4 is 5.73 Å². The molecule has 6 nitrogen and oxygen atoms in total. The summed E-state index contributed by atoms with van der Waals surface area (Å²) in [6.45, 7) is 6.29. The molecule has 0 saturated carbocycles. The van der Waals surface area contributed by atoms with Crippen LogP contribution in [0.1, 0.15) is 23.8 Å². The highest BCUT2D eigenvalue weighted by Gasteiger charge is 2.23. The maximum atomic E-state index is 11.4. The lowest BCUT2D eigenvalue weighted by Crippen LogP contribution is -2.21. The molecule has 0 radical (unpaired) electrons. The molecule has 2 rings (SSSR count). The highest BCUT2D eigenvalue weighted by Crippen LogP contribution is 2.20. The second kappa shape index (κ2) is 5.39. The van der Waals surface area contributed by atoms with Crippen molar-refractivity contribution in [1.82, 2.24) is 14.5 Å². The molecule has 1 saturated heterocycles. The number of likely N-dealkylation sites (tertiary alicyclic amines) is 1. The van der Waals surface area contributed by atoms with Gasteiger partial charge >= 0.3 is 5.97 Å². The first-order valence-electron chi connectivity index (χ1n) is 6.27. The van der Waals surface area contributed by atoms with E-state index in [1.807, 2.05) is 4.57 Å². The third kappa shape index (κ3) is 2.48. The number of nitrogens with zero attached hydrogens (tertiary/aromatic N) is 3. The molecule has 6 heteroatoms. The van der Waals surface area contributed by atoms with Gasteiger partial charge < -0.3 is 19.9 Å². The van der Waals surface area contributed by atoms with E-state index < -0.39 is 5.97 Å². The average Bonchev–Trinajstić information content (AvgIpc) is 2.97. The van der Waals surface area contributed by atoms with E-state index in [9.17, 15) is 4.79 Å².